The van der Waals surface area contributed by atoms with Crippen molar-refractivity contribution in [2.24, 2.45) is 0 Å². The number of carbonyl (C=O) groups is 1. The molecule has 0 aromatic heterocycles. The number of hydrogen-bond donors (Lipinski definition) is 1. The standard InChI is InChI=1S/C19H30BrNO/c1-2-3-4-5-6-7-8-9-10-11-19(22)21-16-17-12-14-18(20)15-13-17/h12-15H,2-11,16H2,1H3,(H,21,22). The minimum atomic E-state index is 0.172. The van der Waals surface area contributed by atoms with E-state index in [1.54, 1.807) is 0 Å². The minimum absolute atomic E-state index is 0.172. The van der Waals surface area contributed by atoms with Gasteiger partial charge < -0.3 is 5.32 Å². The second-order valence-electron chi connectivity index (χ2n) is 5.98. The third-order valence-corrected chi connectivity index (χ3v) is 4.44. The highest BCUT2D eigenvalue weighted by molar-refractivity contribution is 9.10. The molecule has 0 atom stereocenters. The van der Waals surface area contributed by atoms with Gasteiger partial charge in [-0.05, 0) is 24.1 Å². The maximum Gasteiger partial charge on any atom is 0.220 e. The molecule has 124 valence electrons. The van der Waals surface area contributed by atoms with Gasteiger partial charge in [-0.2, -0.15) is 0 Å². The van der Waals surface area contributed by atoms with Crippen molar-refractivity contribution in [3.8, 4) is 0 Å². The van der Waals surface area contributed by atoms with E-state index in [1.807, 2.05) is 24.3 Å². The lowest BCUT2D eigenvalue weighted by Crippen LogP contribution is -2.22. The third-order valence-electron chi connectivity index (χ3n) is 3.91. The number of hydrogen-bond acceptors (Lipinski definition) is 1. The Balaban J connectivity index is 1.94. The molecule has 1 amide bonds. The lowest BCUT2D eigenvalue weighted by atomic mass is 10.1. The summed E-state index contributed by atoms with van der Waals surface area (Å²) in [6, 6.07) is 8.07. The molecule has 0 saturated carbocycles. The molecule has 0 heterocycles. The zero-order valence-corrected chi connectivity index (χ0v) is 15.5. The predicted molar refractivity (Wildman–Crippen MR) is 97.8 cm³/mol. The molecule has 0 aliphatic heterocycles. The fourth-order valence-corrected chi connectivity index (χ4v) is 2.75. The monoisotopic (exact) mass is 367 g/mol. The fraction of sp³-hybridized carbons (Fsp3) is 0.632. The van der Waals surface area contributed by atoms with Gasteiger partial charge in [0.25, 0.3) is 0 Å². The molecule has 0 spiro atoms. The van der Waals surface area contributed by atoms with Crippen molar-refractivity contribution in [2.45, 2.75) is 77.7 Å². The smallest absolute Gasteiger partial charge is 0.220 e. The van der Waals surface area contributed by atoms with Gasteiger partial charge >= 0.3 is 0 Å². The quantitative estimate of drug-likeness (QED) is 0.451. The first-order chi connectivity index (χ1) is 10.7. The largest absolute Gasteiger partial charge is 0.352 e. The maximum atomic E-state index is 11.8. The highest BCUT2D eigenvalue weighted by Crippen LogP contribution is 2.11. The molecule has 1 N–H and O–H groups in total. The van der Waals surface area contributed by atoms with Crippen LogP contribution in [0, 0.1) is 0 Å². The average Bonchev–Trinajstić information content (AvgIpc) is 2.53. The summed E-state index contributed by atoms with van der Waals surface area (Å²) in [6.07, 6.45) is 12.3. The number of rotatable bonds is 12. The molecule has 0 aliphatic rings. The normalized spacial score (nSPS) is 10.6. The van der Waals surface area contributed by atoms with Gasteiger partial charge in [0.05, 0.1) is 0 Å². The topological polar surface area (TPSA) is 29.1 Å². The molecule has 3 heteroatoms. The van der Waals surface area contributed by atoms with Crippen molar-refractivity contribution < 1.29 is 4.79 Å². The van der Waals surface area contributed by atoms with Crippen LogP contribution in [0.1, 0.15) is 76.7 Å². The summed E-state index contributed by atoms with van der Waals surface area (Å²) in [5, 5.41) is 2.99. The van der Waals surface area contributed by atoms with Gasteiger partial charge in [0.15, 0.2) is 0 Å². The molecular formula is C19H30BrNO. The van der Waals surface area contributed by atoms with Gasteiger partial charge in [-0.3, -0.25) is 4.79 Å². The van der Waals surface area contributed by atoms with Crippen LogP contribution in [0.15, 0.2) is 28.7 Å². The first kappa shape index (κ1) is 19.2. The fourth-order valence-electron chi connectivity index (χ4n) is 2.49. The Labute approximate surface area is 144 Å². The van der Waals surface area contributed by atoms with E-state index in [0.29, 0.717) is 13.0 Å². The van der Waals surface area contributed by atoms with Gasteiger partial charge in [-0.25, -0.2) is 0 Å². The van der Waals surface area contributed by atoms with E-state index in [9.17, 15) is 4.79 Å². The number of amides is 1. The second-order valence-corrected chi connectivity index (χ2v) is 6.90. The van der Waals surface area contributed by atoms with Crippen LogP contribution in [0.5, 0.6) is 0 Å². The Morgan fingerprint density at radius 3 is 2.05 bits per heavy atom. The summed E-state index contributed by atoms with van der Waals surface area (Å²) >= 11 is 3.41. The molecule has 22 heavy (non-hydrogen) atoms. The molecule has 0 aliphatic carbocycles. The van der Waals surface area contributed by atoms with Gasteiger partial charge in [0, 0.05) is 17.4 Å². The lowest BCUT2D eigenvalue weighted by molar-refractivity contribution is -0.121. The van der Waals surface area contributed by atoms with Crippen LogP contribution in [0.2, 0.25) is 0 Å². The van der Waals surface area contributed by atoms with Crippen LogP contribution >= 0.6 is 15.9 Å². The highest BCUT2D eigenvalue weighted by Gasteiger charge is 2.01. The molecule has 1 aromatic rings. The first-order valence-corrected chi connectivity index (χ1v) is 9.53. The van der Waals surface area contributed by atoms with E-state index in [-0.39, 0.29) is 5.91 Å². The van der Waals surface area contributed by atoms with E-state index in [4.69, 9.17) is 0 Å². The maximum absolute atomic E-state index is 11.8. The van der Waals surface area contributed by atoms with Crippen molar-refractivity contribution in [1.82, 2.24) is 5.32 Å². The number of benzene rings is 1. The second kappa shape index (κ2) is 12.7. The van der Waals surface area contributed by atoms with Crippen LogP contribution in [0.25, 0.3) is 0 Å². The Kier molecular flexibility index (Phi) is 11.1. The van der Waals surface area contributed by atoms with Crippen molar-refractivity contribution in [1.29, 1.82) is 0 Å². The van der Waals surface area contributed by atoms with Crippen molar-refractivity contribution >= 4 is 21.8 Å². The Morgan fingerprint density at radius 2 is 1.45 bits per heavy atom. The molecule has 1 aromatic carbocycles. The number of halogens is 1. The first-order valence-electron chi connectivity index (χ1n) is 8.73. The lowest BCUT2D eigenvalue weighted by Gasteiger charge is -2.06. The van der Waals surface area contributed by atoms with Crippen LogP contribution < -0.4 is 5.32 Å². The van der Waals surface area contributed by atoms with Crippen LogP contribution in [-0.2, 0) is 11.3 Å². The summed E-state index contributed by atoms with van der Waals surface area (Å²) in [6.45, 7) is 2.88. The number of unbranched alkanes of at least 4 members (excludes halogenated alkanes) is 8. The summed E-state index contributed by atoms with van der Waals surface area (Å²) < 4.78 is 1.07. The summed E-state index contributed by atoms with van der Waals surface area (Å²) in [5.41, 5.74) is 1.14. The third kappa shape index (κ3) is 9.99. The van der Waals surface area contributed by atoms with Crippen LogP contribution in [0.4, 0.5) is 0 Å². The minimum Gasteiger partial charge on any atom is -0.352 e. The summed E-state index contributed by atoms with van der Waals surface area (Å²) in [4.78, 5) is 11.8. The van der Waals surface area contributed by atoms with Gasteiger partial charge in [-0.15, -0.1) is 0 Å². The Hall–Kier alpha value is -0.830. The van der Waals surface area contributed by atoms with E-state index in [0.717, 1.165) is 16.5 Å². The van der Waals surface area contributed by atoms with Crippen LogP contribution in [0.3, 0.4) is 0 Å². The zero-order chi connectivity index (χ0) is 16.0. The molecule has 2 nitrogen and oxygen atoms in total. The Bertz CT molecular complexity index is 402. The Morgan fingerprint density at radius 1 is 0.909 bits per heavy atom. The van der Waals surface area contributed by atoms with Crippen molar-refractivity contribution in [2.75, 3.05) is 0 Å². The van der Waals surface area contributed by atoms with E-state index in [2.05, 4.69) is 28.2 Å². The van der Waals surface area contributed by atoms with Crippen LogP contribution in [-0.4, -0.2) is 5.91 Å². The number of carbonyl (C=O) groups excluding carboxylic acids is 1. The molecule has 0 saturated heterocycles. The van der Waals surface area contributed by atoms with Gasteiger partial charge in [-0.1, -0.05) is 86.4 Å². The molecular weight excluding hydrogens is 338 g/mol. The summed E-state index contributed by atoms with van der Waals surface area (Å²) in [7, 11) is 0. The average molecular weight is 368 g/mol. The van der Waals surface area contributed by atoms with E-state index in [1.165, 1.54) is 51.4 Å². The van der Waals surface area contributed by atoms with Gasteiger partial charge in [0.2, 0.25) is 5.91 Å². The molecule has 1 rings (SSSR count). The highest BCUT2D eigenvalue weighted by atomic mass is 79.9. The zero-order valence-electron chi connectivity index (χ0n) is 13.9. The number of nitrogens with one attached hydrogen (secondary N) is 1. The van der Waals surface area contributed by atoms with Crippen molar-refractivity contribution in [3.05, 3.63) is 34.3 Å². The molecule has 0 radical (unpaired) electrons. The van der Waals surface area contributed by atoms with Crippen molar-refractivity contribution in [3.63, 3.8) is 0 Å². The van der Waals surface area contributed by atoms with E-state index < -0.39 is 0 Å². The van der Waals surface area contributed by atoms with Gasteiger partial charge in [0.1, 0.15) is 0 Å². The SMILES string of the molecule is CCCCCCCCCCCC(=O)NCc1ccc(Br)cc1. The summed E-state index contributed by atoms with van der Waals surface area (Å²) in [5.74, 6) is 0.172. The predicted octanol–water partition coefficient (Wildman–Crippen LogP) is 5.99. The van der Waals surface area contributed by atoms with E-state index >= 15 is 0 Å². The molecule has 0 unspecified atom stereocenters. The molecule has 0 bridgehead atoms. The molecule has 0 fully saturated rings.